The van der Waals surface area contributed by atoms with Crippen LogP contribution in [0.15, 0.2) is 0 Å². The molecule has 0 amide bonds. The van der Waals surface area contributed by atoms with Crippen molar-refractivity contribution in [3.8, 4) is 0 Å². The minimum Gasteiger partial charge on any atom is -0.0683 e. The molecule has 16 heavy (non-hydrogen) atoms. The van der Waals surface area contributed by atoms with Crippen LogP contribution in [0.2, 0.25) is 0 Å². The first kappa shape index (κ1) is 18.4. The third kappa shape index (κ3) is 6.55. The van der Waals surface area contributed by atoms with E-state index in [9.17, 15) is 0 Å². The predicted molar refractivity (Wildman–Crippen MR) is 77.9 cm³/mol. The summed E-state index contributed by atoms with van der Waals surface area (Å²) in [6.45, 7) is 14.4. The van der Waals surface area contributed by atoms with Crippen molar-refractivity contribution in [2.45, 2.75) is 87.0 Å². The lowest BCUT2D eigenvalue weighted by Gasteiger charge is -2.29. The van der Waals surface area contributed by atoms with Crippen LogP contribution >= 0.6 is 0 Å². The van der Waals surface area contributed by atoms with Crippen LogP contribution in [0, 0.1) is 17.8 Å². The van der Waals surface area contributed by atoms with Gasteiger partial charge in [0.15, 0.2) is 0 Å². The summed E-state index contributed by atoms with van der Waals surface area (Å²) >= 11 is 0. The minimum absolute atomic E-state index is 1.04. The largest absolute Gasteiger partial charge is 0.0683 e. The second-order valence-corrected chi connectivity index (χ2v) is 4.37. The average Bonchev–Trinajstić information content (AvgIpc) is 2.84. The van der Waals surface area contributed by atoms with Gasteiger partial charge in [0.25, 0.3) is 0 Å². The van der Waals surface area contributed by atoms with Gasteiger partial charge in [-0.25, -0.2) is 0 Å². The highest BCUT2D eigenvalue weighted by atomic mass is 14.4. The second-order valence-electron chi connectivity index (χ2n) is 4.37. The number of hydrogen-bond acceptors (Lipinski definition) is 0. The van der Waals surface area contributed by atoms with Crippen molar-refractivity contribution in [2.75, 3.05) is 0 Å². The maximum Gasteiger partial charge on any atom is -0.0383 e. The van der Waals surface area contributed by atoms with Crippen LogP contribution in [0.5, 0.6) is 0 Å². The summed E-state index contributed by atoms with van der Waals surface area (Å²) in [5, 5.41) is 0. The standard InChI is InChI=1S/C10H18.3C2H6/c1-8-5-6-9-3-2-4-10(9)7-8;3*1-2/h8-10H,2-7H2,1H3;3*1-2H3. The lowest BCUT2D eigenvalue weighted by molar-refractivity contribution is 0.220. The monoisotopic (exact) mass is 228 g/mol. The van der Waals surface area contributed by atoms with E-state index in [4.69, 9.17) is 0 Å². The van der Waals surface area contributed by atoms with Crippen molar-refractivity contribution in [1.29, 1.82) is 0 Å². The van der Waals surface area contributed by atoms with Crippen LogP contribution in [0.1, 0.15) is 87.0 Å². The van der Waals surface area contributed by atoms with Crippen LogP contribution in [-0.2, 0) is 0 Å². The van der Waals surface area contributed by atoms with Crippen molar-refractivity contribution in [2.24, 2.45) is 17.8 Å². The lowest BCUT2D eigenvalue weighted by Crippen LogP contribution is -2.18. The highest BCUT2D eigenvalue weighted by Crippen LogP contribution is 2.43. The third-order valence-electron chi connectivity index (χ3n) is 3.55. The Balaban J connectivity index is 0. The molecule has 0 N–H and O–H groups in total. The van der Waals surface area contributed by atoms with Crippen molar-refractivity contribution < 1.29 is 0 Å². The highest BCUT2D eigenvalue weighted by molar-refractivity contribution is 4.83. The van der Waals surface area contributed by atoms with Gasteiger partial charge in [-0.05, 0) is 30.6 Å². The van der Waals surface area contributed by atoms with Gasteiger partial charge in [0.2, 0.25) is 0 Å². The summed E-state index contributed by atoms with van der Waals surface area (Å²) in [4.78, 5) is 0. The molecule has 0 aromatic heterocycles. The van der Waals surface area contributed by atoms with Gasteiger partial charge in [0, 0.05) is 0 Å². The molecular formula is C16H36. The molecule has 0 aromatic rings. The molecule has 2 aliphatic carbocycles. The molecule has 2 aliphatic rings. The van der Waals surface area contributed by atoms with Gasteiger partial charge >= 0.3 is 0 Å². The van der Waals surface area contributed by atoms with E-state index in [1.54, 1.807) is 25.7 Å². The number of hydrogen-bond donors (Lipinski definition) is 0. The molecule has 3 unspecified atom stereocenters. The van der Waals surface area contributed by atoms with Crippen molar-refractivity contribution in [3.05, 3.63) is 0 Å². The topological polar surface area (TPSA) is 0 Å². The van der Waals surface area contributed by atoms with Crippen molar-refractivity contribution in [1.82, 2.24) is 0 Å². The Morgan fingerprint density at radius 1 is 0.625 bits per heavy atom. The molecule has 0 aromatic carbocycles. The first-order valence-electron chi connectivity index (χ1n) is 7.86. The van der Waals surface area contributed by atoms with E-state index in [-0.39, 0.29) is 0 Å². The molecule has 100 valence electrons. The quantitative estimate of drug-likeness (QED) is 0.456. The molecular weight excluding hydrogens is 192 g/mol. The fourth-order valence-electron chi connectivity index (χ4n) is 2.94. The summed E-state index contributed by atoms with van der Waals surface area (Å²) in [7, 11) is 0. The molecule has 2 rings (SSSR count). The molecule has 0 spiro atoms. The molecule has 0 aliphatic heterocycles. The minimum atomic E-state index is 1.04. The molecule has 2 saturated carbocycles. The summed E-state index contributed by atoms with van der Waals surface area (Å²) < 4.78 is 0. The van der Waals surface area contributed by atoms with Crippen molar-refractivity contribution in [3.63, 3.8) is 0 Å². The SMILES string of the molecule is CC.CC.CC.CC1CCC2CCCC2C1. The molecule has 0 saturated heterocycles. The van der Waals surface area contributed by atoms with E-state index in [0.717, 1.165) is 17.8 Å². The Bertz CT molecular complexity index is 117. The fraction of sp³-hybridized carbons (Fsp3) is 1.00. The van der Waals surface area contributed by atoms with Gasteiger partial charge in [-0.15, -0.1) is 0 Å². The van der Waals surface area contributed by atoms with Gasteiger partial charge in [-0.2, -0.15) is 0 Å². The second kappa shape index (κ2) is 13.1. The average molecular weight is 228 g/mol. The molecule has 0 nitrogen and oxygen atoms in total. The predicted octanol–water partition coefficient (Wildman–Crippen LogP) is 6.30. The molecule has 0 bridgehead atoms. The summed E-state index contributed by atoms with van der Waals surface area (Å²) in [6.07, 6.45) is 9.24. The van der Waals surface area contributed by atoms with Gasteiger partial charge in [0.1, 0.15) is 0 Å². The Labute approximate surface area is 105 Å². The van der Waals surface area contributed by atoms with Gasteiger partial charge in [-0.3, -0.25) is 0 Å². The van der Waals surface area contributed by atoms with E-state index < -0.39 is 0 Å². The fourth-order valence-corrected chi connectivity index (χ4v) is 2.94. The van der Waals surface area contributed by atoms with Crippen LogP contribution in [0.25, 0.3) is 0 Å². The van der Waals surface area contributed by atoms with E-state index in [1.807, 2.05) is 41.5 Å². The lowest BCUT2D eigenvalue weighted by atomic mass is 9.77. The molecule has 2 fully saturated rings. The van der Waals surface area contributed by atoms with E-state index in [1.165, 1.54) is 12.8 Å². The first-order valence-corrected chi connectivity index (χ1v) is 7.86. The number of rotatable bonds is 0. The molecule has 0 heteroatoms. The zero-order valence-corrected chi connectivity index (χ0v) is 13.0. The van der Waals surface area contributed by atoms with Gasteiger partial charge < -0.3 is 0 Å². The third-order valence-corrected chi connectivity index (χ3v) is 3.55. The Kier molecular flexibility index (Phi) is 15.0. The normalized spacial score (nSPS) is 30.6. The zero-order chi connectivity index (χ0) is 13.0. The highest BCUT2D eigenvalue weighted by Gasteiger charge is 2.31. The maximum atomic E-state index is 2.43. The van der Waals surface area contributed by atoms with E-state index >= 15 is 0 Å². The van der Waals surface area contributed by atoms with Crippen LogP contribution in [-0.4, -0.2) is 0 Å². The smallest absolute Gasteiger partial charge is 0.0383 e. The number of fused-ring (bicyclic) bond motifs is 1. The Morgan fingerprint density at radius 3 is 1.69 bits per heavy atom. The zero-order valence-electron chi connectivity index (χ0n) is 13.0. The van der Waals surface area contributed by atoms with Gasteiger partial charge in [-0.1, -0.05) is 74.1 Å². The molecule has 0 heterocycles. The summed E-state index contributed by atoms with van der Waals surface area (Å²) in [5.74, 6) is 3.33. The molecule has 3 atom stereocenters. The van der Waals surface area contributed by atoms with Crippen LogP contribution < -0.4 is 0 Å². The Morgan fingerprint density at radius 2 is 1.12 bits per heavy atom. The summed E-state index contributed by atoms with van der Waals surface area (Å²) in [5.41, 5.74) is 0. The van der Waals surface area contributed by atoms with E-state index in [2.05, 4.69) is 6.92 Å². The maximum absolute atomic E-state index is 2.43. The summed E-state index contributed by atoms with van der Waals surface area (Å²) in [6, 6.07) is 0. The van der Waals surface area contributed by atoms with Crippen molar-refractivity contribution >= 4 is 0 Å². The van der Waals surface area contributed by atoms with E-state index in [0.29, 0.717) is 0 Å². The van der Waals surface area contributed by atoms with Gasteiger partial charge in [0.05, 0.1) is 0 Å². The Hall–Kier alpha value is 0. The molecule has 0 radical (unpaired) electrons. The van der Waals surface area contributed by atoms with Crippen LogP contribution in [0.4, 0.5) is 0 Å². The van der Waals surface area contributed by atoms with Crippen LogP contribution in [0.3, 0.4) is 0 Å². The first-order chi connectivity index (χ1) is 7.86.